The molecule has 0 aromatic heterocycles. The van der Waals surface area contributed by atoms with E-state index < -0.39 is 11.4 Å². The Hall–Kier alpha value is -2.70. The molecular weight excluding hydrogens is 348 g/mol. The summed E-state index contributed by atoms with van der Waals surface area (Å²) in [6.45, 7) is 3.82. The van der Waals surface area contributed by atoms with Gasteiger partial charge in [0.25, 0.3) is 5.79 Å². The van der Waals surface area contributed by atoms with Crippen LogP contribution in [0.4, 0.5) is 0 Å². The van der Waals surface area contributed by atoms with Crippen LogP contribution in [-0.4, -0.2) is 29.0 Å². The van der Waals surface area contributed by atoms with Crippen molar-refractivity contribution in [1.82, 2.24) is 0 Å². The summed E-state index contributed by atoms with van der Waals surface area (Å²) in [5.74, 6) is -0.800. The Morgan fingerprint density at radius 3 is 2.63 bits per heavy atom. The molecule has 142 valence electrons. The number of methoxy groups -OCH3 is 1. The molecule has 2 aliphatic heterocycles. The third-order valence-electron chi connectivity index (χ3n) is 5.14. The monoisotopic (exact) mass is 370 g/mol. The third kappa shape index (κ3) is 2.48. The Bertz CT molecular complexity index is 946. The number of aliphatic hydroxyl groups is 2. The van der Waals surface area contributed by atoms with Gasteiger partial charge in [-0.05, 0) is 44.0 Å². The SMILES string of the molecule is COc1cc2c(cc1CC=C(C)C)[C@]1(O)Oc3cc(O)ccc3[C@]1(O)CO2. The van der Waals surface area contributed by atoms with Crippen molar-refractivity contribution < 1.29 is 29.5 Å². The molecule has 0 radical (unpaired) electrons. The second kappa shape index (κ2) is 5.90. The first-order chi connectivity index (χ1) is 12.8. The maximum atomic E-state index is 11.4. The van der Waals surface area contributed by atoms with Crippen molar-refractivity contribution in [2.24, 2.45) is 0 Å². The maximum Gasteiger partial charge on any atom is 0.275 e. The summed E-state index contributed by atoms with van der Waals surface area (Å²) >= 11 is 0. The average Bonchev–Trinajstić information content (AvgIpc) is 2.86. The topological polar surface area (TPSA) is 88.4 Å². The standard InChI is InChI=1S/C21H22O6/c1-12(2)4-5-13-8-16-18(10-17(13)25-3)26-11-20(23)15-7-6-14(22)9-19(15)27-21(16,20)24/h4,6-10,22-24H,5,11H2,1-3H3/t20-,21+/m1/s1. The molecule has 6 nitrogen and oxygen atoms in total. The summed E-state index contributed by atoms with van der Waals surface area (Å²) < 4.78 is 17.0. The largest absolute Gasteiger partial charge is 0.508 e. The van der Waals surface area contributed by atoms with Gasteiger partial charge in [0.2, 0.25) is 0 Å². The fourth-order valence-corrected chi connectivity index (χ4v) is 3.65. The number of aromatic hydroxyl groups is 1. The average molecular weight is 370 g/mol. The zero-order valence-corrected chi connectivity index (χ0v) is 15.4. The minimum atomic E-state index is -2.03. The lowest BCUT2D eigenvalue weighted by Crippen LogP contribution is -2.55. The number of rotatable bonds is 3. The number of fused-ring (bicyclic) bond motifs is 5. The van der Waals surface area contributed by atoms with Crippen LogP contribution in [0.1, 0.15) is 30.5 Å². The van der Waals surface area contributed by atoms with E-state index in [1.807, 2.05) is 19.9 Å². The van der Waals surface area contributed by atoms with E-state index >= 15 is 0 Å². The first kappa shape index (κ1) is 17.7. The number of phenolic OH excluding ortho intramolecular Hbond substituents is 1. The number of phenols is 1. The van der Waals surface area contributed by atoms with E-state index in [9.17, 15) is 15.3 Å². The first-order valence-corrected chi connectivity index (χ1v) is 8.73. The van der Waals surface area contributed by atoms with E-state index in [1.165, 1.54) is 18.2 Å². The van der Waals surface area contributed by atoms with E-state index in [4.69, 9.17) is 14.2 Å². The molecule has 0 unspecified atom stereocenters. The summed E-state index contributed by atoms with van der Waals surface area (Å²) in [6.07, 6.45) is 2.65. The van der Waals surface area contributed by atoms with Gasteiger partial charge in [-0.3, -0.25) is 0 Å². The van der Waals surface area contributed by atoms with Crippen molar-refractivity contribution in [2.45, 2.75) is 31.7 Å². The summed E-state index contributed by atoms with van der Waals surface area (Å²) in [5, 5.41) is 32.4. The first-order valence-electron chi connectivity index (χ1n) is 8.73. The molecule has 4 rings (SSSR count). The highest BCUT2D eigenvalue weighted by molar-refractivity contribution is 5.57. The minimum absolute atomic E-state index is 0.0142. The van der Waals surface area contributed by atoms with Gasteiger partial charge in [-0.2, -0.15) is 0 Å². The number of benzene rings is 2. The molecule has 0 amide bonds. The highest BCUT2D eigenvalue weighted by Gasteiger charge is 2.64. The molecule has 6 heteroatoms. The molecule has 2 aliphatic rings. The van der Waals surface area contributed by atoms with Crippen LogP contribution in [0.25, 0.3) is 0 Å². The summed E-state index contributed by atoms with van der Waals surface area (Å²) in [7, 11) is 1.58. The predicted octanol–water partition coefficient (Wildman–Crippen LogP) is 2.73. The predicted molar refractivity (Wildman–Crippen MR) is 98.2 cm³/mol. The van der Waals surface area contributed by atoms with Crippen molar-refractivity contribution in [3.63, 3.8) is 0 Å². The molecular formula is C21H22O6. The van der Waals surface area contributed by atoms with Gasteiger partial charge >= 0.3 is 0 Å². The normalized spacial score (nSPS) is 24.8. The van der Waals surface area contributed by atoms with Crippen LogP contribution < -0.4 is 14.2 Å². The van der Waals surface area contributed by atoms with Gasteiger partial charge in [-0.25, -0.2) is 0 Å². The van der Waals surface area contributed by atoms with E-state index in [0.29, 0.717) is 29.0 Å². The molecule has 2 aromatic rings. The van der Waals surface area contributed by atoms with Gasteiger partial charge in [0.1, 0.15) is 29.6 Å². The van der Waals surface area contributed by atoms with Crippen LogP contribution in [0.15, 0.2) is 42.0 Å². The Kier molecular flexibility index (Phi) is 3.87. The van der Waals surface area contributed by atoms with E-state index in [-0.39, 0.29) is 18.1 Å². The number of hydrogen-bond donors (Lipinski definition) is 3. The molecule has 0 fully saturated rings. The van der Waals surface area contributed by atoms with Crippen LogP contribution in [0.3, 0.4) is 0 Å². The second-order valence-electron chi connectivity index (χ2n) is 7.22. The number of allylic oxidation sites excluding steroid dienone is 2. The Morgan fingerprint density at radius 1 is 1.15 bits per heavy atom. The molecule has 2 aromatic carbocycles. The Labute approximate surface area is 157 Å². The number of ether oxygens (including phenoxy) is 3. The van der Waals surface area contributed by atoms with Crippen LogP contribution in [0.2, 0.25) is 0 Å². The lowest BCUT2D eigenvalue weighted by atomic mass is 9.81. The molecule has 3 N–H and O–H groups in total. The van der Waals surface area contributed by atoms with Crippen molar-refractivity contribution in [3.8, 4) is 23.0 Å². The fraction of sp³-hybridized carbons (Fsp3) is 0.333. The van der Waals surface area contributed by atoms with Gasteiger partial charge in [0, 0.05) is 17.7 Å². The second-order valence-corrected chi connectivity index (χ2v) is 7.22. The van der Waals surface area contributed by atoms with Crippen molar-refractivity contribution >= 4 is 0 Å². The van der Waals surface area contributed by atoms with E-state index in [0.717, 1.165) is 11.1 Å². The molecule has 2 heterocycles. The van der Waals surface area contributed by atoms with Crippen molar-refractivity contribution in [3.05, 3.63) is 58.7 Å². The fourth-order valence-electron chi connectivity index (χ4n) is 3.65. The van der Waals surface area contributed by atoms with E-state index in [1.54, 1.807) is 19.2 Å². The summed E-state index contributed by atoms with van der Waals surface area (Å²) in [6, 6.07) is 7.78. The van der Waals surface area contributed by atoms with Crippen LogP contribution >= 0.6 is 0 Å². The lowest BCUT2D eigenvalue weighted by Gasteiger charge is -2.41. The summed E-state index contributed by atoms with van der Waals surface area (Å²) in [4.78, 5) is 0. The Morgan fingerprint density at radius 2 is 1.93 bits per heavy atom. The minimum Gasteiger partial charge on any atom is -0.508 e. The van der Waals surface area contributed by atoms with Crippen molar-refractivity contribution in [1.29, 1.82) is 0 Å². The maximum absolute atomic E-state index is 11.4. The van der Waals surface area contributed by atoms with Gasteiger partial charge in [-0.15, -0.1) is 0 Å². The van der Waals surface area contributed by atoms with Crippen LogP contribution in [0.5, 0.6) is 23.0 Å². The van der Waals surface area contributed by atoms with E-state index in [2.05, 4.69) is 0 Å². The van der Waals surface area contributed by atoms with Gasteiger partial charge in [0.15, 0.2) is 5.60 Å². The highest BCUT2D eigenvalue weighted by Crippen LogP contribution is 2.57. The molecule has 0 saturated heterocycles. The molecule has 27 heavy (non-hydrogen) atoms. The molecule has 0 bridgehead atoms. The smallest absolute Gasteiger partial charge is 0.275 e. The molecule has 0 saturated carbocycles. The summed E-state index contributed by atoms with van der Waals surface area (Å²) in [5.41, 5.74) is 0.896. The van der Waals surface area contributed by atoms with Crippen molar-refractivity contribution in [2.75, 3.05) is 13.7 Å². The van der Waals surface area contributed by atoms with Gasteiger partial charge < -0.3 is 29.5 Å². The zero-order valence-electron chi connectivity index (χ0n) is 15.4. The van der Waals surface area contributed by atoms with Gasteiger partial charge in [0.05, 0.1) is 12.7 Å². The highest BCUT2D eigenvalue weighted by atomic mass is 16.7. The zero-order chi connectivity index (χ0) is 19.4. The molecule has 0 aliphatic carbocycles. The molecule has 0 spiro atoms. The quantitative estimate of drug-likeness (QED) is 0.720. The third-order valence-corrected chi connectivity index (χ3v) is 5.14. The Balaban J connectivity index is 1.87. The van der Waals surface area contributed by atoms with Gasteiger partial charge in [-0.1, -0.05) is 11.6 Å². The van der Waals surface area contributed by atoms with Crippen LogP contribution in [0, 0.1) is 0 Å². The lowest BCUT2D eigenvalue weighted by molar-refractivity contribution is -0.272. The van der Waals surface area contributed by atoms with Crippen LogP contribution in [-0.2, 0) is 17.8 Å². The molecule has 2 atom stereocenters. The number of hydrogen-bond acceptors (Lipinski definition) is 6.